The molecule has 0 bridgehead atoms. The first-order chi connectivity index (χ1) is 16.1. The first-order valence-corrected chi connectivity index (χ1v) is 10.7. The highest BCUT2D eigenvalue weighted by molar-refractivity contribution is 6.04. The molecular formula is C26H21N3O4. The number of hydrogen-bond acceptors (Lipinski definition) is 4. The molecule has 2 N–H and O–H groups in total. The molecular weight excluding hydrogens is 418 g/mol. The van der Waals surface area contributed by atoms with Gasteiger partial charge in [-0.1, -0.05) is 24.3 Å². The quantitative estimate of drug-likeness (QED) is 0.494. The summed E-state index contributed by atoms with van der Waals surface area (Å²) in [7, 11) is 1.74. The van der Waals surface area contributed by atoms with Crippen LogP contribution < -0.4 is 14.8 Å². The lowest BCUT2D eigenvalue weighted by Crippen LogP contribution is -2.44. The first-order valence-electron chi connectivity index (χ1n) is 10.7. The number of H-pyrrole nitrogens is 1. The number of carbonyl (C=O) groups is 2. The van der Waals surface area contributed by atoms with Crippen molar-refractivity contribution >= 4 is 28.4 Å². The van der Waals surface area contributed by atoms with Crippen LogP contribution in [0.5, 0.6) is 11.5 Å². The number of nitrogens with one attached hydrogen (secondary N) is 2. The fraction of sp³-hybridized carbons (Fsp3) is 0.154. The molecule has 2 aliphatic heterocycles. The summed E-state index contributed by atoms with van der Waals surface area (Å²) in [6.07, 6.45) is 1.86. The molecule has 33 heavy (non-hydrogen) atoms. The van der Waals surface area contributed by atoms with Crippen LogP contribution in [-0.4, -0.2) is 35.5 Å². The van der Waals surface area contributed by atoms with E-state index in [9.17, 15) is 9.59 Å². The average molecular weight is 439 g/mol. The second-order valence-corrected chi connectivity index (χ2v) is 8.31. The van der Waals surface area contributed by atoms with Gasteiger partial charge >= 0.3 is 0 Å². The number of ether oxygens (including phenoxy) is 2. The molecule has 3 heterocycles. The van der Waals surface area contributed by atoms with E-state index in [1.165, 1.54) is 0 Å². The van der Waals surface area contributed by atoms with E-state index in [2.05, 4.69) is 10.3 Å². The summed E-state index contributed by atoms with van der Waals surface area (Å²) in [5, 5.41) is 4.09. The number of rotatable bonds is 3. The van der Waals surface area contributed by atoms with E-state index in [0.29, 0.717) is 28.3 Å². The molecule has 1 aromatic heterocycles. The molecule has 0 radical (unpaired) electrons. The van der Waals surface area contributed by atoms with E-state index in [1.807, 2.05) is 66.9 Å². The van der Waals surface area contributed by atoms with Crippen molar-refractivity contribution < 1.29 is 19.1 Å². The van der Waals surface area contributed by atoms with Crippen LogP contribution in [0, 0.1) is 0 Å². The van der Waals surface area contributed by atoms with E-state index in [4.69, 9.17) is 9.47 Å². The van der Waals surface area contributed by atoms with Crippen LogP contribution in [0.15, 0.2) is 72.9 Å². The molecule has 0 saturated heterocycles. The highest BCUT2D eigenvalue weighted by atomic mass is 16.7. The Hall–Kier alpha value is -4.26. The monoisotopic (exact) mass is 439 g/mol. The largest absolute Gasteiger partial charge is 0.454 e. The van der Waals surface area contributed by atoms with E-state index < -0.39 is 12.0 Å². The second kappa shape index (κ2) is 7.41. The Morgan fingerprint density at radius 2 is 1.88 bits per heavy atom. The summed E-state index contributed by atoms with van der Waals surface area (Å²) < 4.78 is 11.0. The van der Waals surface area contributed by atoms with Gasteiger partial charge in [-0.15, -0.1) is 0 Å². The number of anilines is 1. The summed E-state index contributed by atoms with van der Waals surface area (Å²) in [5.74, 6) is 0.366. The fourth-order valence-electron chi connectivity index (χ4n) is 4.82. The van der Waals surface area contributed by atoms with Crippen LogP contribution in [0.4, 0.5) is 5.69 Å². The van der Waals surface area contributed by atoms with Crippen molar-refractivity contribution in [3.05, 3.63) is 89.6 Å². The van der Waals surface area contributed by atoms with Gasteiger partial charge in [-0.2, -0.15) is 0 Å². The van der Waals surface area contributed by atoms with Gasteiger partial charge in [-0.25, -0.2) is 0 Å². The van der Waals surface area contributed by atoms with Gasteiger partial charge in [0, 0.05) is 35.4 Å². The van der Waals surface area contributed by atoms with Crippen LogP contribution in [0.3, 0.4) is 0 Å². The third-order valence-corrected chi connectivity index (χ3v) is 6.42. The lowest BCUT2D eigenvalue weighted by molar-refractivity contribution is -0.119. The lowest BCUT2D eigenvalue weighted by Gasteiger charge is -2.39. The molecule has 0 saturated carbocycles. The first kappa shape index (κ1) is 19.4. The minimum absolute atomic E-state index is 0.119. The maximum absolute atomic E-state index is 13.8. The Balaban J connectivity index is 1.44. The molecule has 2 atom stereocenters. The van der Waals surface area contributed by atoms with Gasteiger partial charge in [-0.05, 0) is 53.6 Å². The zero-order valence-electron chi connectivity index (χ0n) is 17.9. The molecule has 0 unspecified atom stereocenters. The van der Waals surface area contributed by atoms with Crippen LogP contribution >= 0.6 is 0 Å². The third-order valence-electron chi connectivity index (χ3n) is 6.42. The minimum atomic E-state index is -0.605. The van der Waals surface area contributed by atoms with Crippen molar-refractivity contribution in [2.75, 3.05) is 19.2 Å². The Morgan fingerprint density at radius 1 is 1.03 bits per heavy atom. The summed E-state index contributed by atoms with van der Waals surface area (Å²) in [6.45, 7) is 0.159. The van der Waals surface area contributed by atoms with Crippen LogP contribution in [0.2, 0.25) is 0 Å². The van der Waals surface area contributed by atoms with E-state index >= 15 is 0 Å². The Morgan fingerprint density at radius 3 is 2.79 bits per heavy atom. The second-order valence-electron chi connectivity index (χ2n) is 8.31. The maximum atomic E-state index is 13.8. The zero-order valence-corrected chi connectivity index (χ0v) is 17.9. The molecule has 2 aliphatic rings. The van der Waals surface area contributed by atoms with Gasteiger partial charge in [0.15, 0.2) is 11.5 Å². The molecule has 4 aromatic rings. The van der Waals surface area contributed by atoms with E-state index in [-0.39, 0.29) is 18.6 Å². The van der Waals surface area contributed by atoms with Crippen molar-refractivity contribution in [3.8, 4) is 11.5 Å². The van der Waals surface area contributed by atoms with Crippen molar-refractivity contribution in [3.63, 3.8) is 0 Å². The van der Waals surface area contributed by atoms with Crippen molar-refractivity contribution in [2.24, 2.45) is 0 Å². The summed E-state index contributed by atoms with van der Waals surface area (Å²) in [6, 6.07) is 20.1. The number of fused-ring (bicyclic) bond motifs is 3. The molecule has 6 rings (SSSR count). The highest BCUT2D eigenvalue weighted by Gasteiger charge is 2.43. The Bertz CT molecular complexity index is 1410. The van der Waals surface area contributed by atoms with Crippen molar-refractivity contribution in [1.82, 2.24) is 9.88 Å². The van der Waals surface area contributed by atoms with Crippen molar-refractivity contribution in [2.45, 2.75) is 12.0 Å². The molecule has 0 aliphatic carbocycles. The van der Waals surface area contributed by atoms with Gasteiger partial charge < -0.3 is 24.7 Å². The number of nitrogens with zero attached hydrogens (tertiary/aromatic N) is 1. The molecule has 7 heteroatoms. The molecule has 2 amide bonds. The lowest BCUT2D eigenvalue weighted by atomic mass is 9.79. The van der Waals surface area contributed by atoms with Gasteiger partial charge in [-0.3, -0.25) is 9.59 Å². The number of amides is 2. The summed E-state index contributed by atoms with van der Waals surface area (Å²) in [4.78, 5) is 31.8. The molecule has 3 aromatic carbocycles. The van der Waals surface area contributed by atoms with Gasteiger partial charge in [0.05, 0.1) is 12.0 Å². The topological polar surface area (TPSA) is 83.7 Å². The van der Waals surface area contributed by atoms with Gasteiger partial charge in [0.1, 0.15) is 0 Å². The molecule has 0 spiro atoms. The number of hydrogen-bond donors (Lipinski definition) is 2. The van der Waals surface area contributed by atoms with Gasteiger partial charge in [0.2, 0.25) is 12.7 Å². The standard InChI is InChI=1S/C26H21N3O4/c1-29-24(16-6-9-21-22(13-16)33-14-32-21)23(18-4-2-3-5-19(18)26(29)31)25(30)28-17-7-8-20-15(12-17)10-11-27-20/h2-13,23-24,27H,14H2,1H3,(H,28,30)/t23-,24-/m1/s1. The van der Waals surface area contributed by atoms with Crippen LogP contribution in [0.1, 0.15) is 33.4 Å². The Labute approximate surface area is 189 Å². The van der Waals surface area contributed by atoms with Gasteiger partial charge in [0.25, 0.3) is 5.91 Å². The van der Waals surface area contributed by atoms with Crippen LogP contribution in [-0.2, 0) is 4.79 Å². The zero-order chi connectivity index (χ0) is 22.5. The van der Waals surface area contributed by atoms with E-state index in [0.717, 1.165) is 16.5 Å². The number of benzene rings is 3. The molecule has 164 valence electrons. The number of carbonyl (C=O) groups excluding carboxylic acids is 2. The normalized spacial score (nSPS) is 18.9. The SMILES string of the molecule is CN1C(=O)c2ccccc2[C@@H](C(=O)Nc2ccc3[nH]ccc3c2)[C@H]1c1ccc2c(c1)OCO2. The third kappa shape index (κ3) is 3.12. The Kier molecular flexibility index (Phi) is 4.36. The van der Waals surface area contributed by atoms with E-state index in [1.54, 1.807) is 18.0 Å². The predicted molar refractivity (Wildman–Crippen MR) is 124 cm³/mol. The molecule has 7 nitrogen and oxygen atoms in total. The number of aromatic amines is 1. The van der Waals surface area contributed by atoms with Crippen molar-refractivity contribution in [1.29, 1.82) is 0 Å². The molecule has 0 fully saturated rings. The van der Waals surface area contributed by atoms with Crippen LogP contribution in [0.25, 0.3) is 10.9 Å². The number of likely N-dealkylation sites (N-methyl/N-ethyl adjacent to an activating group) is 1. The smallest absolute Gasteiger partial charge is 0.254 e. The fourth-order valence-corrected chi connectivity index (χ4v) is 4.82. The predicted octanol–water partition coefficient (Wildman–Crippen LogP) is 4.45. The minimum Gasteiger partial charge on any atom is -0.454 e. The summed E-state index contributed by atoms with van der Waals surface area (Å²) in [5.41, 5.74) is 3.76. The maximum Gasteiger partial charge on any atom is 0.254 e. The highest BCUT2D eigenvalue weighted by Crippen LogP contribution is 2.45. The number of aromatic nitrogens is 1. The average Bonchev–Trinajstić information content (AvgIpc) is 3.49. The summed E-state index contributed by atoms with van der Waals surface area (Å²) >= 11 is 0.